The summed E-state index contributed by atoms with van der Waals surface area (Å²) in [6.45, 7) is 11.1. The predicted octanol–water partition coefficient (Wildman–Crippen LogP) is 1.89. The Morgan fingerprint density at radius 2 is 2.05 bits per heavy atom. The molecular formula is C15H25N5S. The fourth-order valence-electron chi connectivity index (χ4n) is 3.06. The SMILES string of the molecule is CNCc1c(N2CCN(CC(C)C)CC2)nc2sccn12. The van der Waals surface area contributed by atoms with Crippen LogP contribution in [0.15, 0.2) is 11.6 Å². The van der Waals surface area contributed by atoms with Gasteiger partial charge in [0.2, 0.25) is 0 Å². The first-order chi connectivity index (χ1) is 10.2. The highest BCUT2D eigenvalue weighted by Crippen LogP contribution is 2.25. The molecule has 0 spiro atoms. The zero-order chi connectivity index (χ0) is 14.8. The summed E-state index contributed by atoms with van der Waals surface area (Å²) in [7, 11) is 2.00. The van der Waals surface area contributed by atoms with Gasteiger partial charge in [-0.3, -0.25) is 9.30 Å². The first-order valence-electron chi connectivity index (χ1n) is 7.75. The van der Waals surface area contributed by atoms with Gasteiger partial charge in [0.1, 0.15) is 0 Å². The number of hydrogen-bond donors (Lipinski definition) is 1. The second-order valence-electron chi connectivity index (χ2n) is 6.15. The molecule has 0 radical (unpaired) electrons. The Bertz CT molecular complexity index is 580. The predicted molar refractivity (Wildman–Crippen MR) is 89.3 cm³/mol. The van der Waals surface area contributed by atoms with E-state index in [1.165, 1.54) is 18.1 Å². The van der Waals surface area contributed by atoms with Crippen LogP contribution in [-0.4, -0.2) is 54.1 Å². The fourth-order valence-corrected chi connectivity index (χ4v) is 3.79. The van der Waals surface area contributed by atoms with Crippen LogP contribution >= 0.6 is 11.3 Å². The molecule has 2 aromatic rings. The molecule has 1 fully saturated rings. The van der Waals surface area contributed by atoms with Crippen molar-refractivity contribution in [3.8, 4) is 0 Å². The Kier molecular flexibility index (Phi) is 4.47. The highest BCUT2D eigenvalue weighted by atomic mass is 32.1. The van der Waals surface area contributed by atoms with Crippen molar-refractivity contribution in [3.05, 3.63) is 17.3 Å². The molecule has 0 unspecified atom stereocenters. The zero-order valence-electron chi connectivity index (χ0n) is 13.2. The van der Waals surface area contributed by atoms with Crippen molar-refractivity contribution < 1.29 is 0 Å². The van der Waals surface area contributed by atoms with Crippen molar-refractivity contribution in [2.24, 2.45) is 5.92 Å². The van der Waals surface area contributed by atoms with Gasteiger partial charge in [-0.1, -0.05) is 13.8 Å². The van der Waals surface area contributed by atoms with E-state index >= 15 is 0 Å². The highest BCUT2D eigenvalue weighted by molar-refractivity contribution is 7.15. The average Bonchev–Trinajstić information content (AvgIpc) is 3.02. The first kappa shape index (κ1) is 14.8. The van der Waals surface area contributed by atoms with E-state index in [1.54, 1.807) is 11.3 Å². The standard InChI is InChI=1S/C15H25N5S/c1-12(2)11-18-4-6-19(7-5-18)14-13(10-16-3)20-8-9-21-15(20)17-14/h8-9,12,16H,4-7,10-11H2,1-3H3. The van der Waals surface area contributed by atoms with Crippen LogP contribution < -0.4 is 10.2 Å². The van der Waals surface area contributed by atoms with Crippen LogP contribution in [-0.2, 0) is 6.54 Å². The van der Waals surface area contributed by atoms with Crippen LogP contribution in [0.4, 0.5) is 5.82 Å². The zero-order valence-corrected chi connectivity index (χ0v) is 14.0. The van der Waals surface area contributed by atoms with Gasteiger partial charge >= 0.3 is 0 Å². The quantitative estimate of drug-likeness (QED) is 0.915. The molecule has 0 bridgehead atoms. The van der Waals surface area contributed by atoms with Gasteiger partial charge in [-0.15, -0.1) is 11.3 Å². The van der Waals surface area contributed by atoms with Gasteiger partial charge < -0.3 is 10.2 Å². The van der Waals surface area contributed by atoms with E-state index < -0.39 is 0 Å². The number of aromatic nitrogens is 2. The number of thiazole rings is 1. The normalized spacial score (nSPS) is 17.2. The number of nitrogens with zero attached hydrogens (tertiary/aromatic N) is 4. The minimum absolute atomic E-state index is 0.745. The lowest BCUT2D eigenvalue weighted by Crippen LogP contribution is -2.47. The van der Waals surface area contributed by atoms with E-state index in [9.17, 15) is 0 Å². The smallest absolute Gasteiger partial charge is 0.195 e. The van der Waals surface area contributed by atoms with E-state index in [0.29, 0.717) is 0 Å². The molecule has 5 nitrogen and oxygen atoms in total. The number of rotatable bonds is 5. The summed E-state index contributed by atoms with van der Waals surface area (Å²) in [5.74, 6) is 1.91. The van der Waals surface area contributed by atoms with Crippen LogP contribution in [0.1, 0.15) is 19.5 Å². The Balaban J connectivity index is 1.75. The van der Waals surface area contributed by atoms with Crippen molar-refractivity contribution in [1.82, 2.24) is 19.6 Å². The third kappa shape index (κ3) is 3.07. The lowest BCUT2D eigenvalue weighted by Gasteiger charge is -2.36. The molecule has 0 saturated carbocycles. The topological polar surface area (TPSA) is 35.8 Å². The largest absolute Gasteiger partial charge is 0.352 e. The molecule has 1 saturated heterocycles. The maximum atomic E-state index is 4.85. The molecule has 21 heavy (non-hydrogen) atoms. The summed E-state index contributed by atoms with van der Waals surface area (Å²) < 4.78 is 2.22. The molecule has 1 aliphatic heterocycles. The van der Waals surface area contributed by atoms with Gasteiger partial charge in [-0.25, -0.2) is 4.98 Å². The second-order valence-corrected chi connectivity index (χ2v) is 7.02. The molecule has 2 aromatic heterocycles. The monoisotopic (exact) mass is 307 g/mol. The third-order valence-corrected chi connectivity index (χ3v) is 4.74. The summed E-state index contributed by atoms with van der Waals surface area (Å²) in [5, 5.41) is 5.38. The minimum atomic E-state index is 0.745. The summed E-state index contributed by atoms with van der Waals surface area (Å²) in [6.07, 6.45) is 2.12. The van der Waals surface area contributed by atoms with Gasteiger partial charge in [-0.2, -0.15) is 0 Å². The van der Waals surface area contributed by atoms with E-state index in [4.69, 9.17) is 4.98 Å². The molecular weight excluding hydrogens is 282 g/mol. The molecule has 1 N–H and O–H groups in total. The van der Waals surface area contributed by atoms with E-state index in [1.807, 2.05) is 7.05 Å². The highest BCUT2D eigenvalue weighted by Gasteiger charge is 2.23. The van der Waals surface area contributed by atoms with Crippen molar-refractivity contribution in [2.75, 3.05) is 44.7 Å². The molecule has 116 valence electrons. The number of imidazole rings is 1. The van der Waals surface area contributed by atoms with E-state index in [2.05, 4.69) is 44.9 Å². The third-order valence-electron chi connectivity index (χ3n) is 3.98. The van der Waals surface area contributed by atoms with Crippen LogP contribution in [0.25, 0.3) is 4.96 Å². The molecule has 3 heterocycles. The van der Waals surface area contributed by atoms with Crippen molar-refractivity contribution >= 4 is 22.1 Å². The molecule has 3 rings (SSSR count). The fraction of sp³-hybridized carbons (Fsp3) is 0.667. The Labute approximate surface area is 130 Å². The summed E-state index contributed by atoms with van der Waals surface area (Å²) in [6, 6.07) is 0. The maximum Gasteiger partial charge on any atom is 0.195 e. The first-order valence-corrected chi connectivity index (χ1v) is 8.63. The Hall–Kier alpha value is -1.11. The van der Waals surface area contributed by atoms with Crippen LogP contribution in [0.5, 0.6) is 0 Å². The van der Waals surface area contributed by atoms with Gasteiger partial charge in [0.05, 0.1) is 5.69 Å². The lowest BCUT2D eigenvalue weighted by molar-refractivity contribution is 0.231. The lowest BCUT2D eigenvalue weighted by atomic mass is 10.2. The number of nitrogens with one attached hydrogen (secondary N) is 1. The summed E-state index contributed by atoms with van der Waals surface area (Å²) >= 11 is 1.71. The summed E-state index contributed by atoms with van der Waals surface area (Å²) in [4.78, 5) is 11.0. The summed E-state index contributed by atoms with van der Waals surface area (Å²) in [5.41, 5.74) is 1.28. The van der Waals surface area contributed by atoms with Crippen LogP contribution in [0.3, 0.4) is 0 Å². The number of piperazine rings is 1. The second kappa shape index (κ2) is 6.34. The van der Waals surface area contributed by atoms with Gasteiger partial charge in [0, 0.05) is 50.8 Å². The van der Waals surface area contributed by atoms with E-state index in [-0.39, 0.29) is 0 Å². The van der Waals surface area contributed by atoms with Crippen molar-refractivity contribution in [3.63, 3.8) is 0 Å². The number of anilines is 1. The van der Waals surface area contributed by atoms with Gasteiger partial charge in [-0.05, 0) is 13.0 Å². The molecule has 0 aromatic carbocycles. The van der Waals surface area contributed by atoms with Crippen LogP contribution in [0, 0.1) is 5.92 Å². The van der Waals surface area contributed by atoms with Crippen LogP contribution in [0.2, 0.25) is 0 Å². The number of hydrogen-bond acceptors (Lipinski definition) is 5. The molecule has 6 heteroatoms. The minimum Gasteiger partial charge on any atom is -0.352 e. The van der Waals surface area contributed by atoms with Crippen molar-refractivity contribution in [2.45, 2.75) is 20.4 Å². The van der Waals surface area contributed by atoms with Gasteiger partial charge in [0.15, 0.2) is 10.8 Å². The molecule has 0 atom stereocenters. The van der Waals surface area contributed by atoms with E-state index in [0.717, 1.165) is 43.6 Å². The van der Waals surface area contributed by atoms with Gasteiger partial charge in [0.25, 0.3) is 0 Å². The average molecular weight is 307 g/mol. The molecule has 0 aliphatic carbocycles. The molecule has 0 amide bonds. The maximum absolute atomic E-state index is 4.85. The molecule has 1 aliphatic rings. The Morgan fingerprint density at radius 3 is 2.71 bits per heavy atom. The Morgan fingerprint density at radius 1 is 1.29 bits per heavy atom. The number of fused-ring (bicyclic) bond motifs is 1. The van der Waals surface area contributed by atoms with Crippen molar-refractivity contribution in [1.29, 1.82) is 0 Å².